The molecule has 3 rings (SSSR count). The fourth-order valence-electron chi connectivity index (χ4n) is 3.30. The van der Waals surface area contributed by atoms with Crippen LogP contribution >= 0.6 is 11.6 Å². The number of nitrogens with one attached hydrogen (secondary N) is 3. The monoisotopic (exact) mass is 486 g/mol. The fourth-order valence-corrected chi connectivity index (χ4v) is 4.74. The molecule has 1 aliphatic carbocycles. The van der Waals surface area contributed by atoms with Gasteiger partial charge in [0.2, 0.25) is 10.0 Å². The highest BCUT2D eigenvalue weighted by molar-refractivity contribution is 7.89. The minimum absolute atomic E-state index is 0.0923. The summed E-state index contributed by atoms with van der Waals surface area (Å²) in [5.41, 5.74) is 2.49. The molecule has 3 N–H and O–H groups in total. The Morgan fingerprint density at radius 3 is 2.59 bits per heavy atom. The average molecular weight is 487 g/mol. The number of urea groups is 1. The number of halogens is 2. The molecule has 0 atom stereocenters. The number of hydrogen-bond donors (Lipinski definition) is 3. The molecule has 1 heterocycles. The third-order valence-corrected chi connectivity index (χ3v) is 6.62. The second kappa shape index (κ2) is 9.43. The lowest BCUT2D eigenvalue weighted by Crippen LogP contribution is -2.51. The van der Waals surface area contributed by atoms with Gasteiger partial charge >= 0.3 is 6.03 Å². The molecule has 1 aromatic carbocycles. The Morgan fingerprint density at radius 2 is 2.00 bits per heavy atom. The summed E-state index contributed by atoms with van der Waals surface area (Å²) in [6, 6.07) is 2.25. The number of sulfonamides is 1. The molecule has 174 valence electrons. The molecule has 1 saturated carbocycles. The number of rotatable bonds is 7. The highest BCUT2D eigenvalue weighted by atomic mass is 35.5. The van der Waals surface area contributed by atoms with E-state index in [0.717, 1.165) is 0 Å². The van der Waals surface area contributed by atoms with E-state index >= 15 is 0 Å². The Morgan fingerprint density at radius 1 is 1.31 bits per heavy atom. The number of hydrogen-bond acceptors (Lipinski definition) is 5. The molecule has 3 amide bonds. The third kappa shape index (κ3) is 5.75. The maximum atomic E-state index is 14.4. The van der Waals surface area contributed by atoms with E-state index in [9.17, 15) is 22.4 Å². The zero-order valence-electron chi connectivity index (χ0n) is 17.7. The van der Waals surface area contributed by atoms with Crippen molar-refractivity contribution in [2.24, 2.45) is 13.0 Å². The van der Waals surface area contributed by atoms with Gasteiger partial charge < -0.3 is 14.8 Å². The Bertz CT molecular complexity index is 1130. The van der Waals surface area contributed by atoms with Crippen LogP contribution in [0.1, 0.15) is 23.2 Å². The molecule has 2 aromatic rings. The first kappa shape index (κ1) is 24.0. The van der Waals surface area contributed by atoms with Gasteiger partial charge in [-0.1, -0.05) is 11.6 Å². The first-order valence-electron chi connectivity index (χ1n) is 9.70. The van der Waals surface area contributed by atoms with Gasteiger partial charge in [0.05, 0.1) is 28.4 Å². The second-order valence-corrected chi connectivity index (χ2v) is 10.1. The average Bonchev–Trinajstić information content (AvgIpc) is 3.12. The van der Waals surface area contributed by atoms with Gasteiger partial charge in [0.15, 0.2) is 5.82 Å². The van der Waals surface area contributed by atoms with E-state index in [1.165, 1.54) is 23.4 Å². The molecule has 10 nitrogen and oxygen atoms in total. The zero-order valence-corrected chi connectivity index (χ0v) is 19.3. The molecule has 0 unspecified atom stereocenters. The van der Waals surface area contributed by atoms with E-state index in [1.807, 2.05) is 10.3 Å². The molecule has 1 aliphatic rings. The van der Waals surface area contributed by atoms with Crippen molar-refractivity contribution in [2.45, 2.75) is 18.9 Å². The number of benzene rings is 1. The molecule has 0 bridgehead atoms. The molecule has 32 heavy (non-hydrogen) atoms. The first-order chi connectivity index (χ1) is 14.9. The van der Waals surface area contributed by atoms with Crippen molar-refractivity contribution < 1.29 is 22.4 Å². The van der Waals surface area contributed by atoms with Crippen LogP contribution in [-0.2, 0) is 17.1 Å². The molecule has 0 radical (unpaired) electrons. The Kier molecular flexibility index (Phi) is 7.06. The van der Waals surface area contributed by atoms with Gasteiger partial charge in [-0.25, -0.2) is 22.6 Å². The van der Waals surface area contributed by atoms with Gasteiger partial charge in [-0.15, -0.1) is 4.83 Å². The predicted octanol–water partition coefficient (Wildman–Crippen LogP) is 1.49. The summed E-state index contributed by atoms with van der Waals surface area (Å²) >= 11 is 5.91. The number of aryl methyl sites for hydroxylation is 1. The van der Waals surface area contributed by atoms with Gasteiger partial charge in [0.1, 0.15) is 0 Å². The quantitative estimate of drug-likeness (QED) is 0.511. The van der Waals surface area contributed by atoms with E-state index in [2.05, 4.69) is 10.3 Å². The molecule has 13 heteroatoms. The Labute approximate surface area is 190 Å². The largest absolute Gasteiger partial charge is 0.340 e. The zero-order chi connectivity index (χ0) is 23.6. The third-order valence-electron chi connectivity index (χ3n) is 5.02. The van der Waals surface area contributed by atoms with Gasteiger partial charge in [-0.2, -0.15) is 0 Å². The van der Waals surface area contributed by atoms with E-state index in [4.69, 9.17) is 11.6 Å². The summed E-state index contributed by atoms with van der Waals surface area (Å²) in [7, 11) is 1.11. The van der Waals surface area contributed by atoms with Crippen molar-refractivity contribution in [3.05, 3.63) is 41.1 Å². The summed E-state index contributed by atoms with van der Waals surface area (Å²) in [6.45, 7) is 0. The molecule has 0 saturated heterocycles. The topological polar surface area (TPSA) is 125 Å². The van der Waals surface area contributed by atoms with Crippen molar-refractivity contribution in [2.75, 3.05) is 19.8 Å². The smallest absolute Gasteiger partial charge is 0.317 e. The maximum absolute atomic E-state index is 14.4. The first-order valence-corrected chi connectivity index (χ1v) is 11.7. The number of carbonyl (C=O) groups is 2. The van der Waals surface area contributed by atoms with Crippen molar-refractivity contribution in [1.82, 2.24) is 30.0 Å². The number of imidazole rings is 1. The number of carbonyl (C=O) groups excluding carboxylic acids is 2. The SMILES string of the molecule is CN(C)C(=O)NC1CC(CS(=O)(=O)NNC(=O)c2cc(-c3cn(C)cn3)cc(Cl)c2F)C1. The highest BCUT2D eigenvalue weighted by Crippen LogP contribution is 2.29. The van der Waals surface area contributed by atoms with Crippen LogP contribution in [0, 0.1) is 11.7 Å². The number of amides is 3. The van der Waals surface area contributed by atoms with Gasteiger partial charge in [0.25, 0.3) is 5.91 Å². The van der Waals surface area contributed by atoms with Crippen LogP contribution in [0.4, 0.5) is 9.18 Å². The van der Waals surface area contributed by atoms with Crippen molar-refractivity contribution in [3.8, 4) is 11.3 Å². The summed E-state index contributed by atoms with van der Waals surface area (Å²) < 4.78 is 40.7. The molecule has 0 spiro atoms. The van der Waals surface area contributed by atoms with Gasteiger partial charge in [-0.3, -0.25) is 10.2 Å². The summed E-state index contributed by atoms with van der Waals surface area (Å²) in [5.74, 6) is -2.37. The van der Waals surface area contributed by atoms with Crippen LogP contribution in [-0.4, -0.2) is 60.7 Å². The number of nitrogens with zero attached hydrogens (tertiary/aromatic N) is 3. The van der Waals surface area contributed by atoms with Crippen molar-refractivity contribution in [1.29, 1.82) is 0 Å². The van der Waals surface area contributed by atoms with Crippen molar-refractivity contribution in [3.63, 3.8) is 0 Å². The Hall–Kier alpha value is -2.70. The van der Waals surface area contributed by atoms with Crippen LogP contribution in [0.25, 0.3) is 11.3 Å². The molecular weight excluding hydrogens is 463 g/mol. The minimum Gasteiger partial charge on any atom is -0.340 e. The lowest BCUT2D eigenvalue weighted by atomic mass is 9.82. The van der Waals surface area contributed by atoms with Crippen LogP contribution in [0.5, 0.6) is 0 Å². The normalized spacial score (nSPS) is 18.0. The van der Waals surface area contributed by atoms with Gasteiger partial charge in [-0.05, 0) is 30.9 Å². The lowest BCUT2D eigenvalue weighted by molar-refractivity contribution is 0.0940. The van der Waals surface area contributed by atoms with E-state index < -0.39 is 27.3 Å². The standard InChI is InChI=1S/C19H24ClFN6O4S/c1-26(2)19(29)23-13-4-11(5-13)9-32(30,31)25-24-18(28)14-6-12(7-15(20)17(14)21)16-8-27(3)10-22-16/h6-8,10-11,13,25H,4-5,9H2,1-3H3,(H,23,29)(H,24,28). The van der Waals surface area contributed by atoms with Crippen LogP contribution < -0.4 is 15.6 Å². The summed E-state index contributed by atoms with van der Waals surface area (Å²) in [4.78, 5) is 31.6. The predicted molar refractivity (Wildman–Crippen MR) is 117 cm³/mol. The fraction of sp³-hybridized carbons (Fsp3) is 0.421. The molecule has 0 aliphatic heterocycles. The summed E-state index contributed by atoms with van der Waals surface area (Å²) in [5, 5.41) is 2.49. The van der Waals surface area contributed by atoms with Crippen LogP contribution in [0.3, 0.4) is 0 Å². The highest BCUT2D eigenvalue weighted by Gasteiger charge is 2.34. The second-order valence-electron chi connectivity index (χ2n) is 7.96. The number of aromatic nitrogens is 2. The minimum atomic E-state index is -3.87. The lowest BCUT2D eigenvalue weighted by Gasteiger charge is -2.36. The van der Waals surface area contributed by atoms with Crippen LogP contribution in [0.15, 0.2) is 24.7 Å². The number of hydrazine groups is 1. The molecule has 1 aromatic heterocycles. The van der Waals surface area contributed by atoms with Crippen molar-refractivity contribution >= 4 is 33.6 Å². The van der Waals surface area contributed by atoms with Gasteiger partial charge in [0, 0.05) is 38.9 Å². The van der Waals surface area contributed by atoms with E-state index in [1.54, 1.807) is 31.9 Å². The summed E-state index contributed by atoms with van der Waals surface area (Å²) in [6.07, 6.45) is 4.22. The Balaban J connectivity index is 1.58. The van der Waals surface area contributed by atoms with E-state index in [-0.39, 0.29) is 28.8 Å². The van der Waals surface area contributed by atoms with E-state index in [0.29, 0.717) is 24.1 Å². The van der Waals surface area contributed by atoms with Crippen LogP contribution in [0.2, 0.25) is 5.02 Å². The molecule has 1 fully saturated rings. The maximum Gasteiger partial charge on any atom is 0.317 e. The molecular formula is C19H24ClFN6O4S.